The van der Waals surface area contributed by atoms with E-state index in [4.69, 9.17) is 43.5 Å². The third-order valence-electron chi connectivity index (χ3n) is 10.5. The van der Waals surface area contributed by atoms with Crippen LogP contribution in [0.2, 0.25) is 5.02 Å². The molecule has 0 unspecified atom stereocenters. The monoisotopic (exact) mass is 799 g/mol. The van der Waals surface area contributed by atoms with E-state index in [1.165, 1.54) is 44.9 Å². The molecule has 54 heavy (non-hydrogen) atoms. The number of likely N-dealkylation sites (N-methyl/N-ethyl adjacent to an activating group) is 1. The summed E-state index contributed by atoms with van der Waals surface area (Å²) in [5, 5.41) is 14.3. The van der Waals surface area contributed by atoms with Gasteiger partial charge < -0.3 is 38.6 Å². The molecule has 3 aliphatic rings. The number of amides is 3. The van der Waals surface area contributed by atoms with Crippen molar-refractivity contribution in [3.05, 3.63) is 46.5 Å². The maximum atomic E-state index is 14.3. The number of nitrogens with one attached hydrogen (secondary N) is 1. The zero-order valence-corrected chi connectivity index (χ0v) is 33.8. The van der Waals surface area contributed by atoms with E-state index in [1.54, 1.807) is 37.3 Å². The quantitative estimate of drug-likeness (QED) is 0.243. The van der Waals surface area contributed by atoms with Gasteiger partial charge in [-0.05, 0) is 57.5 Å². The maximum absolute atomic E-state index is 14.3. The number of rotatable bonds is 9. The number of alkyl carbamates (subject to hydrolysis) is 1. The second-order valence-electron chi connectivity index (χ2n) is 14.9. The molecule has 2 N–H and O–H groups in total. The molecule has 0 spiro atoms. The predicted octanol–water partition coefficient (Wildman–Crippen LogP) is 5.44. The van der Waals surface area contributed by atoms with Gasteiger partial charge in [-0.3, -0.25) is 14.9 Å². The van der Waals surface area contributed by atoms with Crippen molar-refractivity contribution in [3.63, 3.8) is 0 Å². The van der Waals surface area contributed by atoms with Crippen LogP contribution in [0.3, 0.4) is 0 Å². The normalized spacial score (nSPS) is 33.3. The Kier molecular flexibility index (Phi) is 11.2. The number of epoxide rings is 1. The number of methoxy groups -OCH3 is 2. The van der Waals surface area contributed by atoms with Gasteiger partial charge >= 0.3 is 12.1 Å². The van der Waals surface area contributed by atoms with E-state index in [0.29, 0.717) is 12.0 Å². The zero-order chi connectivity index (χ0) is 45.3. The van der Waals surface area contributed by atoms with E-state index < -0.39 is 103 Å². The second kappa shape index (κ2) is 17.2. The Morgan fingerprint density at radius 3 is 2.65 bits per heavy atom. The van der Waals surface area contributed by atoms with Gasteiger partial charge in [0.25, 0.3) is 0 Å². The number of carbonyl (C=O) groups excluding carboxylic acids is 4. The first-order valence-corrected chi connectivity index (χ1v) is 19.2. The highest BCUT2D eigenvalue weighted by molar-refractivity contribution is 7.99. The van der Waals surface area contributed by atoms with Crippen LogP contribution in [0.1, 0.15) is 80.9 Å². The van der Waals surface area contributed by atoms with Crippen molar-refractivity contribution in [2.24, 2.45) is 5.92 Å². The molecule has 3 amide bonds. The molecule has 1 aromatic carbocycles. The Morgan fingerprint density at radius 1 is 1.30 bits per heavy atom. The number of benzene rings is 1. The summed E-state index contributed by atoms with van der Waals surface area (Å²) in [6, 6.07) is 0.777. The molecule has 0 aliphatic carbocycles. The van der Waals surface area contributed by atoms with Crippen LogP contribution in [-0.2, 0) is 39.8 Å². The second-order valence-corrected chi connectivity index (χ2v) is 16.7. The van der Waals surface area contributed by atoms with E-state index in [9.17, 15) is 24.3 Å². The average molecular weight is 800 g/mol. The van der Waals surface area contributed by atoms with Gasteiger partial charge in [0.2, 0.25) is 11.8 Å². The topological polar surface area (TPSA) is 156 Å². The van der Waals surface area contributed by atoms with Crippen LogP contribution in [0.4, 0.5) is 10.5 Å². The minimum atomic E-state index is -3.40. The molecule has 2 fully saturated rings. The summed E-state index contributed by atoms with van der Waals surface area (Å²) in [7, 11) is 4.22. The van der Waals surface area contributed by atoms with Gasteiger partial charge in [0.15, 0.2) is 5.72 Å². The molecule has 1 aromatic rings. The van der Waals surface area contributed by atoms with Gasteiger partial charge in [-0.2, -0.15) is 11.8 Å². The minimum Gasteiger partial charge on any atom is -0.495 e. The molecule has 3 aliphatic heterocycles. The zero-order valence-electron chi connectivity index (χ0n) is 38.2. The summed E-state index contributed by atoms with van der Waals surface area (Å²) >= 11 is 8.17. The highest BCUT2D eigenvalue weighted by Gasteiger charge is 2.64. The van der Waals surface area contributed by atoms with Gasteiger partial charge in [0.1, 0.15) is 40.7 Å². The van der Waals surface area contributed by atoms with Crippen molar-refractivity contribution in [1.29, 1.82) is 0 Å². The lowest BCUT2D eigenvalue weighted by atomic mass is 9.83. The number of thioether (sulfide) groups is 1. The number of hydrogen-bond donors (Lipinski definition) is 2. The molecular formula is C39H56ClN3O10S. The SMILES string of the molecule is [2H]C([2H])([2H])[C@@H](C(=O)O[C@H]1CC(=O)N(C)c2cc(cc(OC)c2Cl)C/C(C)=C/C=C/[C@@H](OC)[C@@]2(O)C[C@H](OC(=O)N2)[C@@H](C)[C@@H]2O[C@@]12C)N(C(=O)CCC(C)(C)SC)C([2H])([2H])[2H]. The number of ether oxygens (including phenoxy) is 5. The fraction of sp³-hybridized carbons (Fsp3) is 0.641. The molecule has 2 saturated heterocycles. The van der Waals surface area contributed by atoms with Crippen LogP contribution in [0.25, 0.3) is 0 Å². The molecule has 0 aromatic heterocycles. The highest BCUT2D eigenvalue weighted by Crippen LogP contribution is 2.49. The van der Waals surface area contributed by atoms with Crippen LogP contribution >= 0.6 is 23.4 Å². The first-order chi connectivity index (χ1) is 27.6. The van der Waals surface area contributed by atoms with E-state index in [2.05, 4.69) is 5.32 Å². The molecule has 8 atom stereocenters. The Balaban J connectivity index is 1.84. The summed E-state index contributed by atoms with van der Waals surface area (Å²) < 4.78 is 77.9. The van der Waals surface area contributed by atoms with Crippen LogP contribution < -0.4 is 15.0 Å². The van der Waals surface area contributed by atoms with E-state index in [-0.39, 0.29) is 34.2 Å². The van der Waals surface area contributed by atoms with Crippen molar-refractivity contribution in [2.75, 3.05) is 39.4 Å². The first-order valence-electron chi connectivity index (χ1n) is 20.6. The number of nitrogens with zero attached hydrogens (tertiary/aromatic N) is 2. The number of fused-ring (bicyclic) bond motifs is 5. The Hall–Kier alpha value is -3.30. The van der Waals surface area contributed by atoms with Crippen LogP contribution in [0.5, 0.6) is 5.75 Å². The highest BCUT2D eigenvalue weighted by atomic mass is 35.5. The molecule has 4 bridgehead atoms. The van der Waals surface area contributed by atoms with Gasteiger partial charge in [0.05, 0.1) is 25.3 Å². The average Bonchev–Trinajstić information content (AvgIpc) is 3.84. The molecule has 3 heterocycles. The van der Waals surface area contributed by atoms with Crippen molar-refractivity contribution < 1.29 is 56.2 Å². The van der Waals surface area contributed by atoms with Gasteiger partial charge in [-0.1, -0.05) is 56.2 Å². The standard InChI is InChI=1S/C39H56ClN3O10S/c1-22-13-12-14-29(50-10)39(48)21-28(51-36(47)41-39)23(2)34-38(6,53-34)30(52-35(46)24(3)42(7)31(44)15-16-37(4,5)54-11)20-32(45)43(8)26-18-25(17-22)19-27(49-9)33(26)40/h12-14,18-19,23-24,28-30,34,48H,15-17,20-21H2,1-11H3,(H,41,47)/b14-12+,22-13+/t23-,24+,28+,29-,30+,34+,38+,39+/m1/s1/i3D3,7D3. The van der Waals surface area contributed by atoms with Crippen molar-refractivity contribution in [1.82, 2.24) is 10.2 Å². The van der Waals surface area contributed by atoms with Gasteiger partial charge in [0, 0.05) is 52.9 Å². The Bertz CT molecular complexity index is 1860. The lowest BCUT2D eigenvalue weighted by molar-refractivity contribution is -0.162. The van der Waals surface area contributed by atoms with Crippen LogP contribution in [0.15, 0.2) is 35.9 Å². The predicted molar refractivity (Wildman–Crippen MR) is 208 cm³/mol. The minimum absolute atomic E-state index is 0.0660. The fourth-order valence-corrected chi connectivity index (χ4v) is 7.31. The van der Waals surface area contributed by atoms with Gasteiger partial charge in [-0.15, -0.1) is 0 Å². The van der Waals surface area contributed by atoms with E-state index in [1.807, 2.05) is 27.0 Å². The molecule has 4 rings (SSSR count). The summed E-state index contributed by atoms with van der Waals surface area (Å²) in [5.41, 5.74) is -1.77. The van der Waals surface area contributed by atoms with Gasteiger partial charge in [-0.25, -0.2) is 9.59 Å². The summed E-state index contributed by atoms with van der Waals surface area (Å²) in [6.07, 6.45) is 0.591. The van der Waals surface area contributed by atoms with E-state index >= 15 is 0 Å². The fourth-order valence-electron chi connectivity index (χ4n) is 6.69. The number of carbonyl (C=O) groups is 4. The molecule has 15 heteroatoms. The molecule has 13 nitrogen and oxygen atoms in total. The van der Waals surface area contributed by atoms with Crippen LogP contribution in [0, 0.1) is 5.92 Å². The lowest BCUT2D eigenvalue weighted by Gasteiger charge is -2.42. The maximum Gasteiger partial charge on any atom is 0.409 e. The first kappa shape index (κ1) is 35.1. The molecule has 0 saturated carbocycles. The molecule has 300 valence electrons. The number of anilines is 1. The third-order valence-corrected chi connectivity index (χ3v) is 12.1. The number of halogens is 1. The number of esters is 1. The summed E-state index contributed by atoms with van der Waals surface area (Å²) in [6.45, 7) is 1.90. The Labute approximate surface area is 336 Å². The largest absolute Gasteiger partial charge is 0.495 e. The Morgan fingerprint density at radius 2 is 2.02 bits per heavy atom. The number of hydrogen-bond acceptors (Lipinski definition) is 11. The molecule has 0 radical (unpaired) electrons. The van der Waals surface area contributed by atoms with Crippen molar-refractivity contribution >= 4 is 52.9 Å². The number of allylic oxidation sites excluding steroid dienone is 3. The van der Waals surface area contributed by atoms with Crippen molar-refractivity contribution in [3.8, 4) is 5.75 Å². The smallest absolute Gasteiger partial charge is 0.409 e. The summed E-state index contributed by atoms with van der Waals surface area (Å²) in [4.78, 5) is 56.5. The number of aliphatic hydroxyl groups is 1. The van der Waals surface area contributed by atoms with E-state index in [0.717, 1.165) is 5.57 Å². The third kappa shape index (κ3) is 9.73. The molecular weight excluding hydrogens is 738 g/mol. The lowest BCUT2D eigenvalue weighted by Crippen LogP contribution is -2.63. The summed E-state index contributed by atoms with van der Waals surface area (Å²) in [5.74, 6) is -3.88. The van der Waals surface area contributed by atoms with Crippen LogP contribution in [-0.4, -0.2) is 115 Å². The van der Waals surface area contributed by atoms with Crippen molar-refractivity contribution in [2.45, 2.75) is 120 Å².